The number of carbonyl (C=O) groups excluding carboxylic acids is 2. The molecule has 1 aromatic carbocycles. The van der Waals surface area contributed by atoms with Crippen molar-refractivity contribution in [3.8, 4) is 0 Å². The smallest absolute Gasteiger partial charge is 0.232 e. The lowest BCUT2D eigenvalue weighted by Crippen LogP contribution is -2.33. The van der Waals surface area contributed by atoms with Gasteiger partial charge in [0.25, 0.3) is 0 Å². The standard InChI is InChI=1S/C19H26N2O2/c1-21(15-17-10-6-3-7-11-17)19(23)14-18(22)20-13-12-16-8-4-2-5-9-16/h3,6-8,10-11H,2,4-5,9,12-15H2,1H3,(H,20,22). The molecule has 0 fully saturated rings. The number of nitrogens with zero attached hydrogens (tertiary/aromatic N) is 1. The molecular formula is C19H26N2O2. The van der Waals surface area contributed by atoms with Crippen molar-refractivity contribution >= 4 is 11.8 Å². The number of carbonyl (C=O) groups is 2. The first-order chi connectivity index (χ1) is 11.1. The molecule has 2 amide bonds. The third-order valence-corrected chi connectivity index (χ3v) is 4.15. The first-order valence-corrected chi connectivity index (χ1v) is 8.37. The largest absolute Gasteiger partial charge is 0.355 e. The molecule has 0 spiro atoms. The molecule has 0 aromatic heterocycles. The minimum Gasteiger partial charge on any atom is -0.355 e. The molecule has 4 heteroatoms. The van der Waals surface area contributed by atoms with Gasteiger partial charge in [-0.15, -0.1) is 0 Å². The molecule has 0 atom stereocenters. The van der Waals surface area contributed by atoms with Crippen LogP contribution in [0.3, 0.4) is 0 Å². The summed E-state index contributed by atoms with van der Waals surface area (Å²) in [5, 5.41) is 2.85. The Labute approximate surface area is 138 Å². The van der Waals surface area contributed by atoms with Gasteiger partial charge in [-0.25, -0.2) is 0 Å². The Hall–Kier alpha value is -2.10. The summed E-state index contributed by atoms with van der Waals surface area (Å²) in [6.07, 6.45) is 7.94. The highest BCUT2D eigenvalue weighted by molar-refractivity contribution is 5.96. The maximum atomic E-state index is 12.1. The fraction of sp³-hybridized carbons (Fsp3) is 0.474. The van der Waals surface area contributed by atoms with E-state index < -0.39 is 0 Å². The number of hydrogen-bond acceptors (Lipinski definition) is 2. The summed E-state index contributed by atoms with van der Waals surface area (Å²) in [7, 11) is 1.73. The zero-order chi connectivity index (χ0) is 16.5. The van der Waals surface area contributed by atoms with Gasteiger partial charge in [0.2, 0.25) is 11.8 Å². The van der Waals surface area contributed by atoms with Crippen LogP contribution in [-0.2, 0) is 16.1 Å². The summed E-state index contributed by atoms with van der Waals surface area (Å²) in [6.45, 7) is 1.15. The van der Waals surface area contributed by atoms with E-state index in [9.17, 15) is 9.59 Å². The van der Waals surface area contributed by atoms with Gasteiger partial charge in [0.1, 0.15) is 6.42 Å². The Kier molecular flexibility index (Phi) is 6.85. The molecule has 23 heavy (non-hydrogen) atoms. The molecule has 2 rings (SSSR count). The quantitative estimate of drug-likeness (QED) is 0.621. The predicted octanol–water partition coefficient (Wildman–Crippen LogP) is 3.04. The van der Waals surface area contributed by atoms with Crippen LogP contribution in [0.15, 0.2) is 42.0 Å². The summed E-state index contributed by atoms with van der Waals surface area (Å²) in [6, 6.07) is 9.78. The number of allylic oxidation sites excluding steroid dienone is 1. The third-order valence-electron chi connectivity index (χ3n) is 4.15. The summed E-state index contributed by atoms with van der Waals surface area (Å²) in [5.74, 6) is -0.338. The third kappa shape index (κ3) is 6.27. The van der Waals surface area contributed by atoms with Crippen molar-refractivity contribution in [1.82, 2.24) is 10.2 Å². The van der Waals surface area contributed by atoms with E-state index in [-0.39, 0.29) is 18.2 Å². The van der Waals surface area contributed by atoms with Crippen molar-refractivity contribution in [1.29, 1.82) is 0 Å². The molecule has 0 saturated heterocycles. The van der Waals surface area contributed by atoms with Gasteiger partial charge in [0.05, 0.1) is 0 Å². The highest BCUT2D eigenvalue weighted by Gasteiger charge is 2.14. The van der Waals surface area contributed by atoms with Crippen molar-refractivity contribution in [2.24, 2.45) is 0 Å². The van der Waals surface area contributed by atoms with E-state index in [1.807, 2.05) is 30.3 Å². The van der Waals surface area contributed by atoms with Gasteiger partial charge < -0.3 is 10.2 Å². The van der Waals surface area contributed by atoms with Crippen LogP contribution in [0.2, 0.25) is 0 Å². The van der Waals surface area contributed by atoms with Gasteiger partial charge in [-0.3, -0.25) is 9.59 Å². The van der Waals surface area contributed by atoms with Crippen LogP contribution in [-0.4, -0.2) is 30.3 Å². The molecule has 1 aliphatic rings. The molecule has 124 valence electrons. The topological polar surface area (TPSA) is 49.4 Å². The SMILES string of the molecule is CN(Cc1ccccc1)C(=O)CC(=O)NCCC1=CCCCC1. The molecule has 1 aromatic rings. The number of rotatable bonds is 7. The normalized spacial score (nSPS) is 14.0. The molecule has 0 aliphatic heterocycles. The first-order valence-electron chi connectivity index (χ1n) is 8.37. The Morgan fingerprint density at radius 2 is 1.96 bits per heavy atom. The first kappa shape index (κ1) is 17.3. The van der Waals surface area contributed by atoms with Crippen LogP contribution >= 0.6 is 0 Å². The molecule has 1 N–H and O–H groups in total. The average molecular weight is 314 g/mol. The monoisotopic (exact) mass is 314 g/mol. The molecular weight excluding hydrogens is 288 g/mol. The lowest BCUT2D eigenvalue weighted by Gasteiger charge is -2.17. The van der Waals surface area contributed by atoms with E-state index in [0.717, 1.165) is 24.8 Å². The minimum absolute atomic E-state index is 0.0810. The molecule has 0 saturated carbocycles. The average Bonchev–Trinajstić information content (AvgIpc) is 2.56. The lowest BCUT2D eigenvalue weighted by atomic mass is 9.97. The Bertz CT molecular complexity index is 552. The van der Waals surface area contributed by atoms with Crippen LogP contribution in [0.4, 0.5) is 0 Å². The molecule has 0 unspecified atom stereocenters. The van der Waals surface area contributed by atoms with Crippen molar-refractivity contribution < 1.29 is 9.59 Å². The van der Waals surface area contributed by atoms with Crippen LogP contribution < -0.4 is 5.32 Å². The minimum atomic E-state index is -0.189. The van der Waals surface area contributed by atoms with Crippen LogP contribution in [0.5, 0.6) is 0 Å². The van der Waals surface area contributed by atoms with E-state index in [4.69, 9.17) is 0 Å². The zero-order valence-electron chi connectivity index (χ0n) is 13.9. The van der Waals surface area contributed by atoms with E-state index >= 15 is 0 Å². The zero-order valence-corrected chi connectivity index (χ0v) is 13.9. The maximum absolute atomic E-state index is 12.1. The van der Waals surface area contributed by atoms with Gasteiger partial charge in [0.15, 0.2) is 0 Å². The Morgan fingerprint density at radius 3 is 2.65 bits per heavy atom. The second-order valence-electron chi connectivity index (χ2n) is 6.12. The van der Waals surface area contributed by atoms with E-state index in [1.165, 1.54) is 18.4 Å². The Morgan fingerprint density at radius 1 is 1.17 bits per heavy atom. The van der Waals surface area contributed by atoms with Gasteiger partial charge in [-0.05, 0) is 37.7 Å². The predicted molar refractivity (Wildman–Crippen MR) is 91.7 cm³/mol. The maximum Gasteiger partial charge on any atom is 0.232 e. The van der Waals surface area contributed by atoms with E-state index in [1.54, 1.807) is 11.9 Å². The fourth-order valence-electron chi connectivity index (χ4n) is 2.77. The number of benzene rings is 1. The summed E-state index contributed by atoms with van der Waals surface area (Å²) >= 11 is 0. The number of amides is 2. The van der Waals surface area contributed by atoms with Gasteiger partial charge in [-0.2, -0.15) is 0 Å². The van der Waals surface area contributed by atoms with Crippen molar-refractivity contribution in [3.05, 3.63) is 47.5 Å². The van der Waals surface area contributed by atoms with Crippen molar-refractivity contribution in [3.63, 3.8) is 0 Å². The van der Waals surface area contributed by atoms with Gasteiger partial charge in [0, 0.05) is 20.1 Å². The van der Waals surface area contributed by atoms with Crippen LogP contribution in [0, 0.1) is 0 Å². The molecule has 1 aliphatic carbocycles. The number of nitrogens with one attached hydrogen (secondary N) is 1. The summed E-state index contributed by atoms with van der Waals surface area (Å²) < 4.78 is 0. The van der Waals surface area contributed by atoms with Crippen molar-refractivity contribution in [2.75, 3.05) is 13.6 Å². The summed E-state index contributed by atoms with van der Waals surface area (Å²) in [4.78, 5) is 25.5. The molecule has 4 nitrogen and oxygen atoms in total. The van der Waals surface area contributed by atoms with E-state index in [0.29, 0.717) is 13.1 Å². The second-order valence-corrected chi connectivity index (χ2v) is 6.12. The highest BCUT2D eigenvalue weighted by atomic mass is 16.2. The number of hydrogen-bond donors (Lipinski definition) is 1. The van der Waals surface area contributed by atoms with Crippen molar-refractivity contribution in [2.45, 2.75) is 45.1 Å². The van der Waals surface area contributed by atoms with Crippen LogP contribution in [0.25, 0.3) is 0 Å². The molecule has 0 bridgehead atoms. The fourth-order valence-corrected chi connectivity index (χ4v) is 2.77. The Balaban J connectivity index is 1.67. The van der Waals surface area contributed by atoms with Gasteiger partial charge >= 0.3 is 0 Å². The molecule has 0 heterocycles. The van der Waals surface area contributed by atoms with Gasteiger partial charge in [-0.1, -0.05) is 42.0 Å². The molecule has 0 radical (unpaired) electrons. The second kappa shape index (κ2) is 9.13. The van der Waals surface area contributed by atoms with E-state index in [2.05, 4.69) is 11.4 Å². The highest BCUT2D eigenvalue weighted by Crippen LogP contribution is 2.19. The summed E-state index contributed by atoms with van der Waals surface area (Å²) in [5.41, 5.74) is 2.50. The van der Waals surface area contributed by atoms with Crippen LogP contribution in [0.1, 0.15) is 44.1 Å². The lowest BCUT2D eigenvalue weighted by molar-refractivity contribution is -0.135.